The monoisotopic (exact) mass is 431 g/mol. The first kappa shape index (κ1) is 19.8. The van der Waals surface area contributed by atoms with E-state index < -0.39 is 22.7 Å². The number of hydrogen-bond acceptors (Lipinski definition) is 7. The summed E-state index contributed by atoms with van der Waals surface area (Å²) in [7, 11) is 0. The number of nitro benzene ring substituents is 1. The van der Waals surface area contributed by atoms with Crippen LogP contribution in [0.15, 0.2) is 65.8 Å². The minimum absolute atomic E-state index is 0.0224. The molecule has 4 atom stereocenters. The number of carbonyl (C=O) groups is 3. The van der Waals surface area contributed by atoms with E-state index in [-0.39, 0.29) is 40.7 Å². The van der Waals surface area contributed by atoms with E-state index in [0.29, 0.717) is 5.56 Å². The molecular weight excluding hydrogens is 414 g/mol. The lowest BCUT2D eigenvalue weighted by Gasteiger charge is -2.13. The molecule has 1 saturated heterocycles. The van der Waals surface area contributed by atoms with Gasteiger partial charge in [-0.05, 0) is 36.5 Å². The topological polar surface area (TPSA) is 119 Å². The number of hydrazone groups is 1. The van der Waals surface area contributed by atoms with Crippen LogP contribution in [0.1, 0.15) is 22.3 Å². The molecule has 2 aliphatic carbocycles. The zero-order chi connectivity index (χ0) is 22.4. The zero-order valence-corrected chi connectivity index (χ0v) is 16.7. The summed E-state index contributed by atoms with van der Waals surface area (Å²) in [6.07, 6.45) is 5.90. The fraction of sp³-hybridized carbons (Fsp3) is 0.217. The molecule has 3 aliphatic rings. The van der Waals surface area contributed by atoms with Gasteiger partial charge in [0.1, 0.15) is 5.75 Å². The average molecular weight is 431 g/mol. The van der Waals surface area contributed by atoms with Gasteiger partial charge >= 0.3 is 5.97 Å². The smallest absolute Gasteiger partial charge is 0.343 e. The molecule has 32 heavy (non-hydrogen) atoms. The second-order valence-electron chi connectivity index (χ2n) is 7.97. The molecule has 0 spiro atoms. The Morgan fingerprint density at radius 3 is 2.34 bits per heavy atom. The molecule has 1 saturated carbocycles. The second kappa shape index (κ2) is 7.52. The van der Waals surface area contributed by atoms with Gasteiger partial charge in [-0.3, -0.25) is 19.7 Å². The van der Waals surface area contributed by atoms with Crippen molar-refractivity contribution in [3.63, 3.8) is 0 Å². The highest BCUT2D eigenvalue weighted by molar-refractivity contribution is 6.07. The summed E-state index contributed by atoms with van der Waals surface area (Å²) in [4.78, 5) is 48.6. The van der Waals surface area contributed by atoms with Crippen LogP contribution in [0, 0.1) is 33.8 Å². The molecule has 2 bridgehead atoms. The van der Waals surface area contributed by atoms with E-state index in [9.17, 15) is 24.5 Å². The molecule has 2 fully saturated rings. The normalized spacial score (nSPS) is 25.6. The van der Waals surface area contributed by atoms with E-state index in [1.807, 2.05) is 12.2 Å². The van der Waals surface area contributed by atoms with Crippen LogP contribution in [0.5, 0.6) is 5.75 Å². The lowest BCUT2D eigenvalue weighted by Crippen LogP contribution is -2.28. The summed E-state index contributed by atoms with van der Waals surface area (Å²) in [6, 6.07) is 11.9. The van der Waals surface area contributed by atoms with E-state index in [4.69, 9.17) is 4.74 Å². The minimum Gasteiger partial charge on any atom is -0.422 e. The number of benzene rings is 2. The van der Waals surface area contributed by atoms with Gasteiger partial charge in [0, 0.05) is 17.7 Å². The number of carbonyl (C=O) groups excluding carboxylic acids is 3. The first-order valence-electron chi connectivity index (χ1n) is 10.1. The fourth-order valence-corrected chi connectivity index (χ4v) is 4.70. The van der Waals surface area contributed by atoms with Gasteiger partial charge in [-0.25, -0.2) is 4.79 Å². The van der Waals surface area contributed by atoms with Crippen molar-refractivity contribution in [1.82, 2.24) is 5.01 Å². The largest absolute Gasteiger partial charge is 0.422 e. The summed E-state index contributed by atoms with van der Waals surface area (Å²) >= 11 is 0. The molecule has 2 aromatic carbocycles. The number of ether oxygens (including phenoxy) is 1. The molecule has 160 valence electrons. The first-order chi connectivity index (χ1) is 15.4. The van der Waals surface area contributed by atoms with E-state index in [1.165, 1.54) is 18.2 Å². The number of allylic oxidation sites excluding steroid dienone is 2. The molecule has 2 aromatic rings. The van der Waals surface area contributed by atoms with Gasteiger partial charge in [0.15, 0.2) is 0 Å². The zero-order valence-electron chi connectivity index (χ0n) is 16.7. The van der Waals surface area contributed by atoms with Crippen molar-refractivity contribution in [1.29, 1.82) is 0 Å². The van der Waals surface area contributed by atoms with Crippen molar-refractivity contribution in [3.05, 3.63) is 81.9 Å². The summed E-state index contributed by atoms with van der Waals surface area (Å²) in [5.74, 6) is -2.11. The standard InChI is InChI=1S/C23H17N3O6/c27-21-19-14-6-7-15(10-14)20(19)22(28)25(21)24-12-16-11-17(26(30)31)8-9-18(16)32-23(29)13-4-2-1-3-5-13/h1-9,11-12,14-15,19-20H,10H2. The molecule has 5 rings (SSSR count). The van der Waals surface area contributed by atoms with E-state index >= 15 is 0 Å². The van der Waals surface area contributed by atoms with Gasteiger partial charge in [-0.15, -0.1) is 0 Å². The van der Waals surface area contributed by atoms with E-state index in [1.54, 1.807) is 30.3 Å². The van der Waals surface area contributed by atoms with Crippen molar-refractivity contribution in [2.24, 2.45) is 28.8 Å². The molecule has 1 aliphatic heterocycles. The number of nitro groups is 1. The van der Waals surface area contributed by atoms with Gasteiger partial charge in [-0.1, -0.05) is 30.4 Å². The Hall–Kier alpha value is -4.14. The van der Waals surface area contributed by atoms with Crippen LogP contribution in [0.25, 0.3) is 0 Å². The highest BCUT2D eigenvalue weighted by atomic mass is 16.6. The molecule has 1 heterocycles. The number of esters is 1. The lowest BCUT2D eigenvalue weighted by molar-refractivity contribution is -0.384. The number of imide groups is 1. The minimum atomic E-state index is -0.653. The van der Waals surface area contributed by atoms with Crippen LogP contribution in [0.2, 0.25) is 0 Å². The van der Waals surface area contributed by atoms with Gasteiger partial charge in [0.2, 0.25) is 0 Å². The quantitative estimate of drug-likeness (QED) is 0.137. The Morgan fingerprint density at radius 2 is 1.72 bits per heavy atom. The number of rotatable bonds is 5. The molecule has 9 heteroatoms. The number of fused-ring (bicyclic) bond motifs is 5. The van der Waals surface area contributed by atoms with Crippen LogP contribution in [0.3, 0.4) is 0 Å². The molecular formula is C23H17N3O6. The maximum Gasteiger partial charge on any atom is 0.343 e. The number of hydrogen-bond donors (Lipinski definition) is 0. The van der Waals surface area contributed by atoms with Gasteiger partial charge in [0.05, 0.1) is 28.5 Å². The van der Waals surface area contributed by atoms with Crippen molar-refractivity contribution in [3.8, 4) is 5.75 Å². The van der Waals surface area contributed by atoms with Crippen LogP contribution >= 0.6 is 0 Å². The van der Waals surface area contributed by atoms with Crippen LogP contribution in [-0.2, 0) is 9.59 Å². The van der Waals surface area contributed by atoms with E-state index in [0.717, 1.165) is 17.6 Å². The molecule has 9 nitrogen and oxygen atoms in total. The van der Waals surface area contributed by atoms with Crippen molar-refractivity contribution < 1.29 is 24.0 Å². The Balaban J connectivity index is 1.43. The van der Waals surface area contributed by atoms with Crippen LogP contribution in [0.4, 0.5) is 5.69 Å². The number of nitrogens with zero attached hydrogens (tertiary/aromatic N) is 3. The summed E-state index contributed by atoms with van der Waals surface area (Å²) in [6.45, 7) is 0. The van der Waals surface area contributed by atoms with Crippen molar-refractivity contribution in [2.45, 2.75) is 6.42 Å². The van der Waals surface area contributed by atoms with Gasteiger partial charge in [-0.2, -0.15) is 10.1 Å². The summed E-state index contributed by atoms with van der Waals surface area (Å²) in [5, 5.41) is 16.1. The Kier molecular flexibility index (Phi) is 4.66. The first-order valence-corrected chi connectivity index (χ1v) is 10.1. The number of non-ortho nitro benzene ring substituents is 1. The summed E-state index contributed by atoms with van der Waals surface area (Å²) in [5.41, 5.74) is 0.154. The highest BCUT2D eigenvalue weighted by Gasteiger charge is 2.59. The molecule has 0 radical (unpaired) electrons. The average Bonchev–Trinajstić information content (AvgIpc) is 3.48. The molecule has 2 amide bonds. The SMILES string of the molecule is O=C(Oc1ccc([N+](=O)[O-])cc1C=NN1C(=O)C2C3C=CC(C3)C2C1=O)c1ccccc1. The van der Waals surface area contributed by atoms with Crippen molar-refractivity contribution >= 4 is 29.7 Å². The molecule has 4 unspecified atom stereocenters. The third kappa shape index (κ3) is 3.18. The second-order valence-corrected chi connectivity index (χ2v) is 7.97. The van der Waals surface area contributed by atoms with E-state index in [2.05, 4.69) is 5.10 Å². The van der Waals surface area contributed by atoms with Crippen molar-refractivity contribution in [2.75, 3.05) is 0 Å². The maximum atomic E-state index is 12.8. The van der Waals surface area contributed by atoms with Gasteiger partial charge < -0.3 is 4.74 Å². The summed E-state index contributed by atoms with van der Waals surface area (Å²) < 4.78 is 5.40. The third-order valence-electron chi connectivity index (χ3n) is 6.18. The Bertz CT molecular complexity index is 1180. The fourth-order valence-electron chi connectivity index (χ4n) is 4.70. The molecule has 0 aromatic heterocycles. The third-order valence-corrected chi connectivity index (χ3v) is 6.18. The maximum absolute atomic E-state index is 12.8. The number of amides is 2. The van der Waals surface area contributed by atoms with Crippen LogP contribution in [-0.4, -0.2) is 33.9 Å². The Morgan fingerprint density at radius 1 is 1.06 bits per heavy atom. The predicted molar refractivity (Wildman–Crippen MR) is 112 cm³/mol. The lowest BCUT2D eigenvalue weighted by atomic mass is 9.85. The Labute approximate surface area is 182 Å². The predicted octanol–water partition coefficient (Wildman–Crippen LogP) is 2.96. The highest BCUT2D eigenvalue weighted by Crippen LogP contribution is 2.52. The van der Waals surface area contributed by atoms with Crippen LogP contribution < -0.4 is 4.74 Å². The van der Waals surface area contributed by atoms with Gasteiger partial charge in [0.25, 0.3) is 17.5 Å². The molecule has 0 N–H and O–H groups in total.